The van der Waals surface area contributed by atoms with Crippen molar-refractivity contribution in [2.75, 3.05) is 39.3 Å². The van der Waals surface area contributed by atoms with Crippen molar-refractivity contribution in [1.29, 1.82) is 0 Å². The average molecular weight is 481 g/mol. The molecule has 2 fully saturated rings. The second kappa shape index (κ2) is 10.2. The Kier molecular flexibility index (Phi) is 7.24. The molecule has 2 saturated heterocycles. The van der Waals surface area contributed by atoms with Crippen molar-refractivity contribution in [2.24, 2.45) is 0 Å². The molecule has 4 rings (SSSR count). The SMILES string of the molecule is CC(C)(C)OC(=O)CN1CCN(CC#Cc2cccc3c2CN(C2CCC(=O)NC2=O)C3=O)CC1. The first-order valence-corrected chi connectivity index (χ1v) is 12.0. The maximum absolute atomic E-state index is 12.9. The van der Waals surface area contributed by atoms with Gasteiger partial charge < -0.3 is 9.64 Å². The predicted octanol–water partition coefficient (Wildman–Crippen LogP) is 0.758. The monoisotopic (exact) mass is 480 g/mol. The van der Waals surface area contributed by atoms with Crippen molar-refractivity contribution in [2.45, 2.75) is 51.8 Å². The van der Waals surface area contributed by atoms with Gasteiger partial charge in [-0.05, 0) is 44.9 Å². The molecule has 0 radical (unpaired) electrons. The van der Waals surface area contributed by atoms with Gasteiger partial charge in [0.1, 0.15) is 11.6 Å². The third kappa shape index (κ3) is 6.08. The van der Waals surface area contributed by atoms with E-state index < -0.39 is 17.6 Å². The van der Waals surface area contributed by atoms with Gasteiger partial charge >= 0.3 is 5.97 Å². The summed E-state index contributed by atoms with van der Waals surface area (Å²) in [6.45, 7) is 9.98. The van der Waals surface area contributed by atoms with Gasteiger partial charge in [0.15, 0.2) is 0 Å². The smallest absolute Gasteiger partial charge is 0.320 e. The van der Waals surface area contributed by atoms with Crippen molar-refractivity contribution in [3.63, 3.8) is 0 Å². The van der Waals surface area contributed by atoms with Crippen LogP contribution in [0.5, 0.6) is 0 Å². The standard InChI is InChI=1S/C26H32N4O5/c1-26(2,3)35-23(32)17-29-14-12-28(13-15-29)11-5-7-18-6-4-8-19-20(18)16-30(25(19)34)21-9-10-22(31)27-24(21)33/h4,6,8,21H,9-17H2,1-3H3,(H,27,31,33). The number of fused-ring (bicyclic) bond motifs is 1. The van der Waals surface area contributed by atoms with Crippen LogP contribution in [0.25, 0.3) is 0 Å². The van der Waals surface area contributed by atoms with E-state index in [0.29, 0.717) is 31.6 Å². The first kappa shape index (κ1) is 24.9. The summed E-state index contributed by atoms with van der Waals surface area (Å²) in [4.78, 5) is 54.6. The number of carbonyl (C=O) groups is 4. The molecule has 3 aliphatic heterocycles. The van der Waals surface area contributed by atoms with E-state index in [2.05, 4.69) is 27.0 Å². The van der Waals surface area contributed by atoms with Gasteiger partial charge in [-0.25, -0.2) is 0 Å². The molecule has 1 aromatic rings. The summed E-state index contributed by atoms with van der Waals surface area (Å²) in [6.07, 6.45) is 0.569. The third-order valence-electron chi connectivity index (χ3n) is 6.35. The number of hydrogen-bond donors (Lipinski definition) is 1. The van der Waals surface area contributed by atoms with Crippen molar-refractivity contribution >= 4 is 23.7 Å². The maximum Gasteiger partial charge on any atom is 0.320 e. The van der Waals surface area contributed by atoms with E-state index in [9.17, 15) is 19.2 Å². The van der Waals surface area contributed by atoms with Gasteiger partial charge in [0.2, 0.25) is 11.8 Å². The molecule has 186 valence electrons. The molecule has 1 N–H and O–H groups in total. The molecule has 0 aliphatic carbocycles. The van der Waals surface area contributed by atoms with Crippen LogP contribution in [0.1, 0.15) is 55.1 Å². The largest absolute Gasteiger partial charge is 0.459 e. The van der Waals surface area contributed by atoms with Crippen LogP contribution >= 0.6 is 0 Å². The minimum Gasteiger partial charge on any atom is -0.459 e. The zero-order valence-electron chi connectivity index (χ0n) is 20.6. The van der Waals surface area contributed by atoms with Crippen LogP contribution in [0.3, 0.4) is 0 Å². The second-order valence-corrected chi connectivity index (χ2v) is 10.2. The van der Waals surface area contributed by atoms with Crippen LogP contribution in [-0.4, -0.2) is 89.3 Å². The molecule has 35 heavy (non-hydrogen) atoms. The lowest BCUT2D eigenvalue weighted by atomic mass is 10.0. The fourth-order valence-electron chi connectivity index (χ4n) is 4.61. The molecule has 1 atom stereocenters. The van der Waals surface area contributed by atoms with Gasteiger partial charge in [-0.2, -0.15) is 0 Å². The number of benzene rings is 1. The minimum absolute atomic E-state index is 0.195. The summed E-state index contributed by atoms with van der Waals surface area (Å²) < 4.78 is 5.40. The predicted molar refractivity (Wildman–Crippen MR) is 128 cm³/mol. The summed E-state index contributed by atoms with van der Waals surface area (Å²) >= 11 is 0. The van der Waals surface area contributed by atoms with Gasteiger partial charge in [0, 0.05) is 50.3 Å². The van der Waals surface area contributed by atoms with E-state index in [-0.39, 0.29) is 24.2 Å². The van der Waals surface area contributed by atoms with Gasteiger partial charge in [-0.3, -0.25) is 34.3 Å². The highest BCUT2D eigenvalue weighted by Gasteiger charge is 2.39. The van der Waals surface area contributed by atoms with E-state index in [1.54, 1.807) is 11.0 Å². The van der Waals surface area contributed by atoms with E-state index >= 15 is 0 Å². The van der Waals surface area contributed by atoms with Crippen LogP contribution in [0.4, 0.5) is 0 Å². The zero-order valence-corrected chi connectivity index (χ0v) is 20.6. The van der Waals surface area contributed by atoms with Crippen molar-refractivity contribution in [1.82, 2.24) is 20.0 Å². The second-order valence-electron chi connectivity index (χ2n) is 10.2. The molecule has 0 spiro atoms. The summed E-state index contributed by atoms with van der Waals surface area (Å²) in [5.41, 5.74) is 1.71. The highest BCUT2D eigenvalue weighted by molar-refractivity contribution is 6.05. The van der Waals surface area contributed by atoms with Gasteiger partial charge in [0.25, 0.3) is 5.91 Å². The Morgan fingerprint density at radius 2 is 1.83 bits per heavy atom. The Hall–Kier alpha value is -3.22. The number of piperazine rings is 1. The molecule has 3 amide bonds. The summed E-state index contributed by atoms with van der Waals surface area (Å²) in [6, 6.07) is 4.83. The highest BCUT2D eigenvalue weighted by Crippen LogP contribution is 2.29. The highest BCUT2D eigenvalue weighted by atomic mass is 16.6. The maximum atomic E-state index is 12.9. The lowest BCUT2D eigenvalue weighted by molar-refractivity contribution is -0.156. The third-order valence-corrected chi connectivity index (χ3v) is 6.35. The quantitative estimate of drug-likeness (QED) is 0.386. The Morgan fingerprint density at radius 3 is 2.51 bits per heavy atom. The number of nitrogens with one attached hydrogen (secondary N) is 1. The van der Waals surface area contributed by atoms with Crippen LogP contribution in [0, 0.1) is 11.8 Å². The molecule has 1 aromatic carbocycles. The fourth-order valence-corrected chi connectivity index (χ4v) is 4.61. The Morgan fingerprint density at radius 1 is 1.11 bits per heavy atom. The molecule has 0 saturated carbocycles. The van der Waals surface area contributed by atoms with E-state index in [1.807, 2.05) is 32.9 Å². The van der Waals surface area contributed by atoms with Crippen LogP contribution in [0.2, 0.25) is 0 Å². The van der Waals surface area contributed by atoms with Gasteiger partial charge in [-0.1, -0.05) is 17.9 Å². The number of amides is 3. The fraction of sp³-hybridized carbons (Fsp3) is 0.538. The lowest BCUT2D eigenvalue weighted by Crippen LogP contribution is -2.52. The molecule has 9 nitrogen and oxygen atoms in total. The van der Waals surface area contributed by atoms with Crippen molar-refractivity contribution < 1.29 is 23.9 Å². The summed E-state index contributed by atoms with van der Waals surface area (Å²) in [5, 5.41) is 2.33. The number of esters is 1. The summed E-state index contributed by atoms with van der Waals surface area (Å²) in [7, 11) is 0. The first-order valence-electron chi connectivity index (χ1n) is 12.0. The topological polar surface area (TPSA) is 99.3 Å². The molecule has 3 aliphatic rings. The van der Waals surface area contributed by atoms with Gasteiger partial charge in [-0.15, -0.1) is 0 Å². The number of rotatable bonds is 4. The molecular formula is C26H32N4O5. The van der Waals surface area contributed by atoms with Crippen LogP contribution < -0.4 is 5.32 Å². The molecule has 0 aromatic heterocycles. The zero-order chi connectivity index (χ0) is 25.2. The Labute approximate surface area is 205 Å². The number of piperidine rings is 1. The number of ether oxygens (including phenoxy) is 1. The van der Waals surface area contributed by atoms with E-state index in [1.165, 1.54) is 0 Å². The number of nitrogens with zero attached hydrogens (tertiary/aromatic N) is 3. The molecule has 0 bridgehead atoms. The van der Waals surface area contributed by atoms with Crippen molar-refractivity contribution in [3.05, 3.63) is 34.9 Å². The molecule has 9 heteroatoms. The Bertz CT molecular complexity index is 1090. The molecular weight excluding hydrogens is 448 g/mol. The molecule has 1 unspecified atom stereocenters. The van der Waals surface area contributed by atoms with Gasteiger partial charge in [0.05, 0.1) is 13.1 Å². The molecule has 3 heterocycles. The van der Waals surface area contributed by atoms with Crippen LogP contribution in [0.15, 0.2) is 18.2 Å². The van der Waals surface area contributed by atoms with E-state index in [4.69, 9.17) is 4.74 Å². The summed E-state index contributed by atoms with van der Waals surface area (Å²) in [5.74, 6) is 5.32. The number of hydrogen-bond acceptors (Lipinski definition) is 7. The average Bonchev–Trinajstić information content (AvgIpc) is 3.11. The van der Waals surface area contributed by atoms with E-state index in [0.717, 1.165) is 37.3 Å². The Balaban J connectivity index is 1.32. The minimum atomic E-state index is -0.634. The number of carbonyl (C=O) groups excluding carboxylic acids is 4. The lowest BCUT2D eigenvalue weighted by Gasteiger charge is -2.33. The normalized spacial score (nSPS) is 21.3. The number of imide groups is 1. The first-order chi connectivity index (χ1) is 16.6. The van der Waals surface area contributed by atoms with Crippen LogP contribution in [-0.2, 0) is 25.7 Å². The van der Waals surface area contributed by atoms with Crippen molar-refractivity contribution in [3.8, 4) is 11.8 Å².